The van der Waals surface area contributed by atoms with Crippen molar-refractivity contribution >= 4 is 5.91 Å². The fourth-order valence-electron chi connectivity index (χ4n) is 2.72. The second kappa shape index (κ2) is 6.53. The Hall–Kier alpha value is -0.610. The van der Waals surface area contributed by atoms with E-state index in [2.05, 4.69) is 17.6 Å². The van der Waals surface area contributed by atoms with Crippen LogP contribution in [0.4, 0.5) is 0 Å². The molecule has 1 aliphatic heterocycles. The molecule has 1 saturated heterocycles. The molecule has 1 heterocycles. The van der Waals surface area contributed by atoms with E-state index in [-0.39, 0.29) is 18.6 Å². The van der Waals surface area contributed by atoms with Gasteiger partial charge in [0.15, 0.2) is 0 Å². The molecule has 0 unspecified atom stereocenters. The summed E-state index contributed by atoms with van der Waals surface area (Å²) in [5.41, 5.74) is 0.430. The maximum Gasteiger partial charge on any atom is 0.246 e. The van der Waals surface area contributed by atoms with Crippen LogP contribution in [0.1, 0.15) is 45.4 Å². The summed E-state index contributed by atoms with van der Waals surface area (Å²) in [6.07, 6.45) is 7.30. The van der Waals surface area contributed by atoms with Crippen LogP contribution in [-0.2, 0) is 9.53 Å². The first-order valence-corrected chi connectivity index (χ1v) is 7.33. The second-order valence-corrected chi connectivity index (χ2v) is 5.79. The number of hydrogen-bond donors (Lipinski definition) is 2. The number of piperidine rings is 1. The van der Waals surface area contributed by atoms with Gasteiger partial charge in [-0.2, -0.15) is 0 Å². The third-order valence-corrected chi connectivity index (χ3v) is 4.13. The minimum Gasteiger partial charge on any atom is -0.368 e. The lowest BCUT2D eigenvalue weighted by atomic mass is 10.0. The summed E-state index contributed by atoms with van der Waals surface area (Å²) in [5.74, 6) is 0.0518. The summed E-state index contributed by atoms with van der Waals surface area (Å²) in [6.45, 7) is 5.29. The van der Waals surface area contributed by atoms with Crippen LogP contribution < -0.4 is 10.6 Å². The molecule has 0 atom stereocenters. The van der Waals surface area contributed by atoms with Crippen molar-refractivity contribution in [1.29, 1.82) is 0 Å². The van der Waals surface area contributed by atoms with E-state index in [0.717, 1.165) is 32.5 Å². The quantitative estimate of drug-likeness (QED) is 0.723. The summed E-state index contributed by atoms with van der Waals surface area (Å²) in [4.78, 5) is 11.7. The monoisotopic (exact) mass is 254 g/mol. The lowest BCUT2D eigenvalue weighted by molar-refractivity contribution is -0.128. The van der Waals surface area contributed by atoms with E-state index in [9.17, 15) is 4.79 Å². The molecule has 4 heteroatoms. The lowest BCUT2D eigenvalue weighted by Gasteiger charge is -2.23. The zero-order valence-electron chi connectivity index (χ0n) is 11.5. The maximum atomic E-state index is 11.7. The van der Waals surface area contributed by atoms with Gasteiger partial charge >= 0.3 is 0 Å². The molecule has 2 aliphatic rings. The number of carbonyl (C=O) groups is 1. The van der Waals surface area contributed by atoms with Crippen LogP contribution in [0.3, 0.4) is 0 Å². The molecular formula is C14H26N2O2. The molecule has 0 spiro atoms. The van der Waals surface area contributed by atoms with E-state index in [1.54, 1.807) is 0 Å². The van der Waals surface area contributed by atoms with Gasteiger partial charge in [0.25, 0.3) is 0 Å². The smallest absolute Gasteiger partial charge is 0.246 e. The molecule has 18 heavy (non-hydrogen) atoms. The van der Waals surface area contributed by atoms with E-state index >= 15 is 0 Å². The number of ether oxygens (including phenoxy) is 1. The lowest BCUT2D eigenvalue weighted by Crippen LogP contribution is -2.37. The van der Waals surface area contributed by atoms with E-state index in [0.29, 0.717) is 5.41 Å². The second-order valence-electron chi connectivity index (χ2n) is 5.79. The van der Waals surface area contributed by atoms with Crippen molar-refractivity contribution < 1.29 is 9.53 Å². The van der Waals surface area contributed by atoms with Crippen molar-refractivity contribution in [2.45, 2.75) is 51.6 Å². The summed E-state index contributed by atoms with van der Waals surface area (Å²) >= 11 is 0. The first-order chi connectivity index (χ1) is 8.74. The van der Waals surface area contributed by atoms with Crippen molar-refractivity contribution in [3.8, 4) is 0 Å². The van der Waals surface area contributed by atoms with Gasteiger partial charge in [-0.3, -0.25) is 4.79 Å². The van der Waals surface area contributed by atoms with Crippen molar-refractivity contribution in [3.63, 3.8) is 0 Å². The van der Waals surface area contributed by atoms with Gasteiger partial charge in [0.1, 0.15) is 6.61 Å². The highest BCUT2D eigenvalue weighted by molar-refractivity contribution is 5.77. The van der Waals surface area contributed by atoms with Crippen molar-refractivity contribution in [3.05, 3.63) is 0 Å². The van der Waals surface area contributed by atoms with Gasteiger partial charge in [-0.1, -0.05) is 13.3 Å². The molecule has 1 amide bonds. The molecule has 0 bridgehead atoms. The maximum absolute atomic E-state index is 11.7. The number of hydrogen-bond acceptors (Lipinski definition) is 3. The fraction of sp³-hybridized carbons (Fsp3) is 0.929. The van der Waals surface area contributed by atoms with Gasteiger partial charge in [-0.15, -0.1) is 0 Å². The first kappa shape index (κ1) is 13.8. The molecule has 0 radical (unpaired) electrons. The molecule has 1 aliphatic carbocycles. The Balaban J connectivity index is 1.57. The molecule has 0 aromatic rings. The topological polar surface area (TPSA) is 50.4 Å². The minimum atomic E-state index is 0.0518. The minimum absolute atomic E-state index is 0.0518. The summed E-state index contributed by atoms with van der Waals surface area (Å²) in [7, 11) is 0. The third-order valence-electron chi connectivity index (χ3n) is 4.13. The van der Waals surface area contributed by atoms with Crippen LogP contribution in [0.5, 0.6) is 0 Å². The normalized spacial score (nSPS) is 22.7. The third kappa shape index (κ3) is 4.25. The van der Waals surface area contributed by atoms with E-state index < -0.39 is 0 Å². The van der Waals surface area contributed by atoms with Crippen LogP contribution >= 0.6 is 0 Å². The average Bonchev–Trinajstić information content (AvgIpc) is 3.16. The molecular weight excluding hydrogens is 228 g/mol. The number of nitrogens with one attached hydrogen (secondary N) is 2. The van der Waals surface area contributed by atoms with Gasteiger partial charge in [0.2, 0.25) is 5.91 Å². The average molecular weight is 254 g/mol. The molecule has 1 saturated carbocycles. The fourth-order valence-corrected chi connectivity index (χ4v) is 2.72. The number of carbonyl (C=O) groups excluding carboxylic acids is 1. The summed E-state index contributed by atoms with van der Waals surface area (Å²) in [5, 5.41) is 6.32. The zero-order valence-corrected chi connectivity index (χ0v) is 11.5. The highest BCUT2D eigenvalue weighted by Gasteiger charge is 2.41. The Bertz CT molecular complexity index is 271. The van der Waals surface area contributed by atoms with Gasteiger partial charge in [0.05, 0.1) is 6.10 Å². The van der Waals surface area contributed by atoms with Gasteiger partial charge in [-0.25, -0.2) is 0 Å². The van der Waals surface area contributed by atoms with Crippen molar-refractivity contribution in [2.24, 2.45) is 5.41 Å². The zero-order chi connectivity index (χ0) is 12.8. The van der Waals surface area contributed by atoms with Crippen LogP contribution in [0, 0.1) is 5.41 Å². The molecule has 2 rings (SSSR count). The van der Waals surface area contributed by atoms with E-state index in [1.807, 2.05) is 0 Å². The van der Waals surface area contributed by atoms with Crippen LogP contribution in [0.2, 0.25) is 0 Å². The predicted molar refractivity (Wildman–Crippen MR) is 71.4 cm³/mol. The Morgan fingerprint density at radius 2 is 2.11 bits per heavy atom. The Morgan fingerprint density at radius 1 is 1.39 bits per heavy atom. The van der Waals surface area contributed by atoms with Gasteiger partial charge in [0, 0.05) is 6.54 Å². The standard InChI is InChI=1S/C14H26N2O2/c1-2-5-14(6-7-14)11-16-13(17)10-18-12-3-8-15-9-4-12/h12,15H,2-11H2,1H3,(H,16,17). The molecule has 104 valence electrons. The number of amides is 1. The molecule has 0 aromatic carbocycles. The summed E-state index contributed by atoms with van der Waals surface area (Å²) < 4.78 is 5.64. The molecule has 2 N–H and O–H groups in total. The Kier molecular flexibility index (Phi) is 5.01. The molecule has 2 fully saturated rings. The largest absolute Gasteiger partial charge is 0.368 e. The SMILES string of the molecule is CCCC1(CNC(=O)COC2CCNCC2)CC1. The van der Waals surface area contributed by atoms with Crippen molar-refractivity contribution in [2.75, 3.05) is 26.2 Å². The van der Waals surface area contributed by atoms with Gasteiger partial charge < -0.3 is 15.4 Å². The predicted octanol–water partition coefficient (Wildman–Crippen LogP) is 1.45. The van der Waals surface area contributed by atoms with Crippen molar-refractivity contribution in [1.82, 2.24) is 10.6 Å². The number of rotatable bonds is 7. The van der Waals surface area contributed by atoms with Crippen LogP contribution in [0.15, 0.2) is 0 Å². The Morgan fingerprint density at radius 3 is 2.72 bits per heavy atom. The van der Waals surface area contributed by atoms with Crippen LogP contribution in [-0.4, -0.2) is 38.3 Å². The van der Waals surface area contributed by atoms with Gasteiger partial charge in [-0.05, 0) is 50.6 Å². The summed E-state index contributed by atoms with van der Waals surface area (Å²) in [6, 6.07) is 0. The highest BCUT2D eigenvalue weighted by atomic mass is 16.5. The highest BCUT2D eigenvalue weighted by Crippen LogP contribution is 2.48. The first-order valence-electron chi connectivity index (χ1n) is 7.33. The Labute approximate surface area is 110 Å². The molecule has 0 aromatic heterocycles. The van der Waals surface area contributed by atoms with E-state index in [4.69, 9.17) is 4.74 Å². The molecule has 4 nitrogen and oxygen atoms in total. The van der Waals surface area contributed by atoms with Crippen LogP contribution in [0.25, 0.3) is 0 Å². The van der Waals surface area contributed by atoms with E-state index in [1.165, 1.54) is 25.7 Å².